The molecule has 0 spiro atoms. The van der Waals surface area contributed by atoms with Gasteiger partial charge in [0.2, 0.25) is 11.8 Å². The molecule has 2 N–H and O–H groups in total. The minimum Gasteiger partial charge on any atom is -0.326 e. The van der Waals surface area contributed by atoms with Crippen LogP contribution in [0.15, 0.2) is 42.5 Å². The van der Waals surface area contributed by atoms with Gasteiger partial charge in [0.15, 0.2) is 0 Å². The molecule has 0 aromatic heterocycles. The Hall–Kier alpha value is -2.86. The fourth-order valence-electron chi connectivity index (χ4n) is 2.95. The molecular formula is C20H20ClN3O3. The summed E-state index contributed by atoms with van der Waals surface area (Å²) in [7, 11) is 0. The fourth-order valence-corrected chi connectivity index (χ4v) is 3.11. The van der Waals surface area contributed by atoms with Gasteiger partial charge in [0, 0.05) is 35.8 Å². The number of amides is 3. The molecular weight excluding hydrogens is 366 g/mol. The maximum Gasteiger partial charge on any atom is 0.257 e. The van der Waals surface area contributed by atoms with Crippen molar-refractivity contribution in [1.82, 2.24) is 0 Å². The van der Waals surface area contributed by atoms with Gasteiger partial charge in [-0.25, -0.2) is 0 Å². The molecule has 0 radical (unpaired) electrons. The molecule has 1 fully saturated rings. The third-order valence-electron chi connectivity index (χ3n) is 4.29. The summed E-state index contributed by atoms with van der Waals surface area (Å²) in [6.45, 7) is 2.33. The van der Waals surface area contributed by atoms with Crippen LogP contribution >= 0.6 is 11.6 Å². The van der Waals surface area contributed by atoms with Crippen molar-refractivity contribution in [3.63, 3.8) is 0 Å². The number of hydrogen-bond acceptors (Lipinski definition) is 3. The predicted octanol–water partition coefficient (Wildman–Crippen LogP) is 4.07. The van der Waals surface area contributed by atoms with E-state index < -0.39 is 0 Å². The number of hydrogen-bond donors (Lipinski definition) is 2. The summed E-state index contributed by atoms with van der Waals surface area (Å²) in [4.78, 5) is 38.1. The van der Waals surface area contributed by atoms with Crippen LogP contribution in [0.25, 0.3) is 0 Å². The average Bonchev–Trinajstić information content (AvgIpc) is 3.07. The number of rotatable bonds is 5. The molecule has 1 aliphatic rings. The highest BCUT2D eigenvalue weighted by Gasteiger charge is 2.26. The summed E-state index contributed by atoms with van der Waals surface area (Å²) < 4.78 is 0. The van der Waals surface area contributed by atoms with Crippen molar-refractivity contribution in [2.45, 2.75) is 26.2 Å². The number of nitrogens with zero attached hydrogens (tertiary/aromatic N) is 1. The number of anilines is 3. The van der Waals surface area contributed by atoms with Gasteiger partial charge in [0.25, 0.3) is 5.91 Å². The molecule has 3 rings (SSSR count). The zero-order chi connectivity index (χ0) is 19.4. The van der Waals surface area contributed by atoms with Gasteiger partial charge in [-0.3, -0.25) is 14.4 Å². The van der Waals surface area contributed by atoms with Gasteiger partial charge in [0.1, 0.15) is 0 Å². The Balaban J connectivity index is 1.84. The molecule has 1 heterocycles. The van der Waals surface area contributed by atoms with Crippen molar-refractivity contribution < 1.29 is 14.4 Å². The van der Waals surface area contributed by atoms with Crippen molar-refractivity contribution >= 4 is 46.4 Å². The van der Waals surface area contributed by atoms with Crippen LogP contribution in [-0.4, -0.2) is 24.3 Å². The first-order valence-corrected chi connectivity index (χ1v) is 9.17. The van der Waals surface area contributed by atoms with E-state index in [9.17, 15) is 14.4 Å². The Bertz CT molecular complexity index is 898. The van der Waals surface area contributed by atoms with E-state index in [2.05, 4.69) is 10.6 Å². The Morgan fingerprint density at radius 3 is 2.52 bits per heavy atom. The van der Waals surface area contributed by atoms with Crippen LogP contribution in [0.4, 0.5) is 17.1 Å². The van der Waals surface area contributed by atoms with Crippen molar-refractivity contribution in [2.75, 3.05) is 22.1 Å². The van der Waals surface area contributed by atoms with E-state index in [4.69, 9.17) is 11.6 Å². The minimum absolute atomic E-state index is 0.0180. The molecule has 0 unspecified atom stereocenters. The SMILES string of the molecule is CCC(=O)Nc1cccc(NC(=O)c2ccc(Cl)cc2N2CCCC2=O)c1. The van der Waals surface area contributed by atoms with E-state index in [1.165, 1.54) is 0 Å². The van der Waals surface area contributed by atoms with Gasteiger partial charge in [-0.1, -0.05) is 24.6 Å². The van der Waals surface area contributed by atoms with E-state index in [1.807, 2.05) is 0 Å². The second-order valence-electron chi connectivity index (χ2n) is 6.25. The lowest BCUT2D eigenvalue weighted by Gasteiger charge is -2.20. The van der Waals surface area contributed by atoms with E-state index in [0.29, 0.717) is 47.0 Å². The third-order valence-corrected chi connectivity index (χ3v) is 4.53. The quantitative estimate of drug-likeness (QED) is 0.814. The molecule has 6 nitrogen and oxygen atoms in total. The van der Waals surface area contributed by atoms with Gasteiger partial charge in [0.05, 0.1) is 11.3 Å². The molecule has 140 valence electrons. The highest BCUT2D eigenvalue weighted by Crippen LogP contribution is 2.29. The summed E-state index contributed by atoms with van der Waals surface area (Å²) >= 11 is 6.08. The minimum atomic E-state index is -0.347. The van der Waals surface area contributed by atoms with E-state index in [-0.39, 0.29) is 17.7 Å². The smallest absolute Gasteiger partial charge is 0.257 e. The van der Waals surface area contributed by atoms with Gasteiger partial charge in [-0.2, -0.15) is 0 Å². The van der Waals surface area contributed by atoms with Crippen molar-refractivity contribution in [2.24, 2.45) is 0 Å². The Labute approximate surface area is 162 Å². The first kappa shape index (κ1) is 18.9. The van der Waals surface area contributed by atoms with Gasteiger partial charge < -0.3 is 15.5 Å². The van der Waals surface area contributed by atoms with Crippen LogP contribution in [0.1, 0.15) is 36.5 Å². The highest BCUT2D eigenvalue weighted by molar-refractivity contribution is 6.31. The second-order valence-corrected chi connectivity index (χ2v) is 6.68. The Morgan fingerprint density at radius 1 is 1.11 bits per heavy atom. The molecule has 3 amide bonds. The van der Waals surface area contributed by atoms with Crippen LogP contribution in [0.2, 0.25) is 5.02 Å². The summed E-state index contributed by atoms with van der Waals surface area (Å²) in [5, 5.41) is 6.03. The van der Waals surface area contributed by atoms with Crippen LogP contribution < -0.4 is 15.5 Å². The van der Waals surface area contributed by atoms with Gasteiger partial charge in [-0.05, 0) is 42.8 Å². The molecule has 0 atom stereocenters. The summed E-state index contributed by atoms with van der Waals surface area (Å²) in [6, 6.07) is 11.8. The molecule has 0 saturated carbocycles. The maximum absolute atomic E-state index is 12.8. The lowest BCUT2D eigenvalue weighted by atomic mass is 10.1. The molecule has 27 heavy (non-hydrogen) atoms. The fraction of sp³-hybridized carbons (Fsp3) is 0.250. The number of halogens is 1. The Kier molecular flexibility index (Phi) is 5.76. The molecule has 7 heteroatoms. The lowest BCUT2D eigenvalue weighted by Crippen LogP contribution is -2.27. The number of benzene rings is 2. The van der Waals surface area contributed by atoms with Crippen LogP contribution in [-0.2, 0) is 9.59 Å². The maximum atomic E-state index is 12.8. The lowest BCUT2D eigenvalue weighted by molar-refractivity contribution is -0.117. The van der Waals surface area contributed by atoms with Crippen LogP contribution in [0.3, 0.4) is 0 Å². The summed E-state index contributed by atoms with van der Waals surface area (Å²) in [5.41, 5.74) is 2.03. The predicted molar refractivity (Wildman–Crippen MR) is 106 cm³/mol. The third kappa shape index (κ3) is 4.46. The topological polar surface area (TPSA) is 78.5 Å². The molecule has 1 aliphatic heterocycles. The molecule has 0 bridgehead atoms. The van der Waals surface area contributed by atoms with Crippen LogP contribution in [0.5, 0.6) is 0 Å². The zero-order valence-corrected chi connectivity index (χ0v) is 15.7. The number of carbonyl (C=O) groups is 3. The highest BCUT2D eigenvalue weighted by atomic mass is 35.5. The molecule has 2 aromatic rings. The van der Waals surface area contributed by atoms with Crippen molar-refractivity contribution in [1.29, 1.82) is 0 Å². The summed E-state index contributed by atoms with van der Waals surface area (Å²) in [5.74, 6) is -0.470. The van der Waals surface area contributed by atoms with E-state index in [0.717, 1.165) is 6.42 Å². The van der Waals surface area contributed by atoms with Crippen molar-refractivity contribution in [3.8, 4) is 0 Å². The normalized spacial score (nSPS) is 13.6. The zero-order valence-electron chi connectivity index (χ0n) is 14.9. The molecule has 2 aromatic carbocycles. The first-order chi connectivity index (χ1) is 13.0. The Morgan fingerprint density at radius 2 is 1.85 bits per heavy atom. The van der Waals surface area contributed by atoms with E-state index >= 15 is 0 Å². The van der Waals surface area contributed by atoms with Gasteiger partial charge >= 0.3 is 0 Å². The van der Waals surface area contributed by atoms with E-state index in [1.54, 1.807) is 54.3 Å². The first-order valence-electron chi connectivity index (χ1n) is 8.79. The second kappa shape index (κ2) is 8.22. The molecule has 1 saturated heterocycles. The van der Waals surface area contributed by atoms with Crippen LogP contribution in [0, 0.1) is 0 Å². The standard InChI is InChI=1S/C20H20ClN3O3/c1-2-18(25)22-14-5-3-6-15(12-14)23-20(27)16-9-8-13(21)11-17(16)24-10-4-7-19(24)26/h3,5-6,8-9,11-12H,2,4,7,10H2,1H3,(H,22,25)(H,23,27). The molecule has 0 aliphatic carbocycles. The van der Waals surface area contributed by atoms with Crippen molar-refractivity contribution in [3.05, 3.63) is 53.1 Å². The number of nitrogens with one attached hydrogen (secondary N) is 2. The summed E-state index contributed by atoms with van der Waals surface area (Å²) in [6.07, 6.45) is 1.59. The van der Waals surface area contributed by atoms with Gasteiger partial charge in [-0.15, -0.1) is 0 Å². The number of carbonyl (C=O) groups excluding carboxylic acids is 3. The largest absolute Gasteiger partial charge is 0.326 e. The average molecular weight is 386 g/mol. The monoisotopic (exact) mass is 385 g/mol.